The fourth-order valence-corrected chi connectivity index (χ4v) is 4.41. The van der Waals surface area contributed by atoms with Crippen LogP contribution in [0.1, 0.15) is 31.2 Å². The van der Waals surface area contributed by atoms with E-state index in [2.05, 4.69) is 10.0 Å². The maximum Gasteiger partial charge on any atom is 0.316 e. The Morgan fingerprint density at radius 3 is 2.52 bits per heavy atom. The van der Waals surface area contributed by atoms with E-state index in [9.17, 15) is 13.2 Å². The summed E-state index contributed by atoms with van der Waals surface area (Å²) in [4.78, 5) is 12.1. The van der Waals surface area contributed by atoms with Gasteiger partial charge in [0.15, 0.2) is 0 Å². The molecule has 1 aromatic carbocycles. The average Bonchev–Trinajstić information content (AvgIpc) is 3.42. The van der Waals surface area contributed by atoms with E-state index in [1.807, 2.05) is 0 Å². The maximum absolute atomic E-state index is 12.4. The second kappa shape index (κ2) is 8.03. The molecule has 1 unspecified atom stereocenters. The van der Waals surface area contributed by atoms with Crippen molar-refractivity contribution in [3.63, 3.8) is 0 Å². The number of rotatable bonds is 6. The molecule has 1 heterocycles. The number of nitrogens with one attached hydrogen (secondary N) is 2. The van der Waals surface area contributed by atoms with Gasteiger partial charge in [-0.25, -0.2) is 13.1 Å². The van der Waals surface area contributed by atoms with Crippen LogP contribution in [-0.2, 0) is 25.0 Å². The number of ether oxygens (including phenoxy) is 1. The fourth-order valence-electron chi connectivity index (χ4n) is 3.29. The van der Waals surface area contributed by atoms with Crippen molar-refractivity contribution in [2.75, 3.05) is 26.7 Å². The number of halogens is 1. The molecule has 1 aliphatic heterocycles. The molecular weight excluding hydrogens is 364 g/mol. The number of benzene rings is 1. The minimum Gasteiger partial charge on any atom is -0.468 e. The van der Waals surface area contributed by atoms with Crippen LogP contribution in [0.4, 0.5) is 0 Å². The van der Waals surface area contributed by atoms with Crippen LogP contribution in [0.2, 0.25) is 0 Å². The Kier molecular flexibility index (Phi) is 6.48. The fraction of sp³-hybridized carbons (Fsp3) is 0.588. The van der Waals surface area contributed by atoms with Gasteiger partial charge in [-0.3, -0.25) is 4.79 Å². The Balaban J connectivity index is 0.00000225. The molecule has 140 valence electrons. The highest BCUT2D eigenvalue weighted by Crippen LogP contribution is 2.49. The van der Waals surface area contributed by atoms with Gasteiger partial charge in [0.2, 0.25) is 10.0 Å². The summed E-state index contributed by atoms with van der Waals surface area (Å²) in [5.41, 5.74) is 0.253. The molecule has 0 amide bonds. The quantitative estimate of drug-likeness (QED) is 0.723. The number of methoxy groups -OCH3 is 1. The largest absolute Gasteiger partial charge is 0.468 e. The van der Waals surface area contributed by atoms with Gasteiger partial charge >= 0.3 is 5.97 Å². The highest BCUT2D eigenvalue weighted by atomic mass is 35.5. The van der Waals surface area contributed by atoms with E-state index in [-0.39, 0.29) is 23.3 Å². The van der Waals surface area contributed by atoms with Crippen molar-refractivity contribution in [3.05, 3.63) is 29.8 Å². The summed E-state index contributed by atoms with van der Waals surface area (Å²) >= 11 is 0. The van der Waals surface area contributed by atoms with Crippen LogP contribution in [0.25, 0.3) is 0 Å². The van der Waals surface area contributed by atoms with Gasteiger partial charge in [0.25, 0.3) is 0 Å². The third kappa shape index (κ3) is 4.34. The lowest BCUT2D eigenvalue weighted by Gasteiger charge is -2.22. The molecule has 0 spiro atoms. The van der Waals surface area contributed by atoms with Gasteiger partial charge in [-0.1, -0.05) is 12.1 Å². The molecule has 3 rings (SSSR count). The highest BCUT2D eigenvalue weighted by molar-refractivity contribution is 7.89. The summed E-state index contributed by atoms with van der Waals surface area (Å²) < 4.78 is 32.4. The molecule has 2 fully saturated rings. The van der Waals surface area contributed by atoms with Gasteiger partial charge in [-0.05, 0) is 62.4 Å². The standard InChI is InChI=1S/C17H24N2O4S.ClH/c1-23-16(20)17(8-9-17)14-4-6-15(7-5-14)24(21,22)19-12-13-3-2-10-18-11-13;/h4-7,13,18-19H,2-3,8-12H2,1H3;1H. The molecule has 1 aliphatic carbocycles. The summed E-state index contributed by atoms with van der Waals surface area (Å²) in [6.45, 7) is 2.30. The van der Waals surface area contributed by atoms with Gasteiger partial charge < -0.3 is 10.1 Å². The molecule has 0 radical (unpaired) electrons. The van der Waals surface area contributed by atoms with Gasteiger partial charge in [0, 0.05) is 6.54 Å². The molecule has 2 aliphatic rings. The minimum atomic E-state index is -3.52. The summed E-state index contributed by atoms with van der Waals surface area (Å²) in [5.74, 6) is 0.0860. The Morgan fingerprint density at radius 2 is 2.00 bits per heavy atom. The van der Waals surface area contributed by atoms with Crippen molar-refractivity contribution < 1.29 is 17.9 Å². The Morgan fingerprint density at radius 1 is 1.32 bits per heavy atom. The monoisotopic (exact) mass is 388 g/mol. The lowest BCUT2D eigenvalue weighted by molar-refractivity contribution is -0.143. The van der Waals surface area contributed by atoms with E-state index in [1.54, 1.807) is 24.3 Å². The zero-order valence-electron chi connectivity index (χ0n) is 14.3. The topological polar surface area (TPSA) is 84.5 Å². The number of esters is 1. The van der Waals surface area contributed by atoms with Gasteiger partial charge in [-0.15, -0.1) is 12.4 Å². The van der Waals surface area contributed by atoms with Crippen molar-refractivity contribution >= 4 is 28.4 Å². The van der Waals surface area contributed by atoms with Crippen LogP contribution in [0, 0.1) is 5.92 Å². The maximum atomic E-state index is 12.4. The highest BCUT2D eigenvalue weighted by Gasteiger charge is 2.52. The van der Waals surface area contributed by atoms with Crippen LogP contribution < -0.4 is 10.0 Å². The minimum absolute atomic E-state index is 0. The first-order valence-electron chi connectivity index (χ1n) is 8.37. The van der Waals surface area contributed by atoms with Crippen LogP contribution in [0.3, 0.4) is 0 Å². The Labute approximate surface area is 155 Å². The number of hydrogen-bond donors (Lipinski definition) is 2. The van der Waals surface area contributed by atoms with Gasteiger partial charge in [0.1, 0.15) is 0 Å². The molecular formula is C17H25ClN2O4S. The molecule has 25 heavy (non-hydrogen) atoms. The van der Waals surface area contributed by atoms with Crippen molar-refractivity contribution in [2.24, 2.45) is 5.92 Å². The van der Waals surface area contributed by atoms with Crippen molar-refractivity contribution in [1.29, 1.82) is 0 Å². The van der Waals surface area contributed by atoms with Gasteiger partial charge in [0.05, 0.1) is 17.4 Å². The lowest BCUT2D eigenvalue weighted by Crippen LogP contribution is -2.38. The number of carbonyl (C=O) groups excluding carboxylic acids is 1. The number of piperidine rings is 1. The van der Waals surface area contributed by atoms with E-state index in [1.165, 1.54) is 7.11 Å². The van der Waals surface area contributed by atoms with Gasteiger partial charge in [-0.2, -0.15) is 0 Å². The molecule has 8 heteroatoms. The molecule has 0 bridgehead atoms. The van der Waals surface area contributed by atoms with Crippen molar-refractivity contribution in [1.82, 2.24) is 10.0 Å². The summed E-state index contributed by atoms with van der Waals surface area (Å²) in [6, 6.07) is 6.58. The molecule has 6 nitrogen and oxygen atoms in total. The number of hydrogen-bond acceptors (Lipinski definition) is 5. The third-order valence-electron chi connectivity index (χ3n) is 5.00. The Hall–Kier alpha value is -1.15. The summed E-state index contributed by atoms with van der Waals surface area (Å²) in [6.07, 6.45) is 3.62. The smallest absolute Gasteiger partial charge is 0.316 e. The second-order valence-electron chi connectivity index (χ2n) is 6.66. The normalized spacial score (nSPS) is 21.9. The first kappa shape index (κ1) is 20.2. The molecule has 1 aromatic rings. The van der Waals surface area contributed by atoms with E-state index < -0.39 is 15.4 Å². The molecule has 2 N–H and O–H groups in total. The van der Waals surface area contributed by atoms with E-state index in [4.69, 9.17) is 4.74 Å². The molecule has 1 atom stereocenters. The zero-order chi connectivity index (χ0) is 17.2. The predicted molar refractivity (Wildman–Crippen MR) is 97.4 cm³/mol. The van der Waals surface area contributed by atoms with Crippen LogP contribution in [0.15, 0.2) is 29.2 Å². The second-order valence-corrected chi connectivity index (χ2v) is 8.43. The van der Waals surface area contributed by atoms with E-state index >= 15 is 0 Å². The molecule has 0 aromatic heterocycles. The molecule has 1 saturated heterocycles. The van der Waals surface area contributed by atoms with Crippen molar-refractivity contribution in [3.8, 4) is 0 Å². The first-order valence-corrected chi connectivity index (χ1v) is 9.86. The zero-order valence-corrected chi connectivity index (χ0v) is 15.9. The van der Waals surface area contributed by atoms with Crippen LogP contribution >= 0.6 is 12.4 Å². The number of sulfonamides is 1. The van der Waals surface area contributed by atoms with Crippen molar-refractivity contribution in [2.45, 2.75) is 36.0 Å². The summed E-state index contributed by atoms with van der Waals surface area (Å²) in [7, 11) is -2.14. The average molecular weight is 389 g/mol. The Bertz CT molecular complexity index is 696. The number of carbonyl (C=O) groups is 1. The predicted octanol–water partition coefficient (Wildman–Crippen LogP) is 1.59. The SMILES string of the molecule is COC(=O)C1(c2ccc(S(=O)(=O)NCC3CCCNC3)cc2)CC1.Cl. The first-order chi connectivity index (χ1) is 11.5. The van der Waals surface area contributed by atoms with E-state index in [0.717, 1.165) is 44.3 Å². The van der Waals surface area contributed by atoms with Crippen LogP contribution in [0.5, 0.6) is 0 Å². The molecule has 1 saturated carbocycles. The third-order valence-corrected chi connectivity index (χ3v) is 6.44. The lowest BCUT2D eigenvalue weighted by atomic mass is 9.96. The van der Waals surface area contributed by atoms with E-state index in [0.29, 0.717) is 12.5 Å². The van der Waals surface area contributed by atoms with Crippen LogP contribution in [-0.4, -0.2) is 41.1 Å². The summed E-state index contributed by atoms with van der Waals surface area (Å²) in [5, 5.41) is 3.28.